The number of ether oxygens (including phenoxy) is 1. The molecule has 0 unspecified atom stereocenters. The van der Waals surface area contributed by atoms with Gasteiger partial charge in [-0.05, 0) is 38.1 Å². The zero-order valence-corrected chi connectivity index (χ0v) is 16.3. The van der Waals surface area contributed by atoms with Gasteiger partial charge in [0.15, 0.2) is 0 Å². The van der Waals surface area contributed by atoms with Crippen LogP contribution in [0.15, 0.2) is 35.4 Å². The van der Waals surface area contributed by atoms with Crippen LogP contribution in [-0.2, 0) is 14.3 Å². The number of amides is 2. The molecule has 1 aromatic carbocycles. The molecular formula is C19H23ClN4O3. The predicted octanol–water partition coefficient (Wildman–Crippen LogP) is 2.35. The Balaban J connectivity index is 1.99. The summed E-state index contributed by atoms with van der Waals surface area (Å²) in [6, 6.07) is 9.53. The van der Waals surface area contributed by atoms with Crippen molar-refractivity contribution in [2.45, 2.75) is 20.3 Å². The normalized spacial score (nSPS) is 11.0. The van der Waals surface area contributed by atoms with Crippen LogP contribution >= 0.6 is 11.6 Å². The van der Waals surface area contributed by atoms with E-state index in [1.807, 2.05) is 44.2 Å². The summed E-state index contributed by atoms with van der Waals surface area (Å²) >= 11 is 6.08. The number of hydrazone groups is 1. The SMILES string of the molecule is COCCNC(=O)CC(=O)N/N=C/c1cc(C)n(-c2cccc(Cl)c2)c1C. The van der Waals surface area contributed by atoms with Gasteiger partial charge in [-0.25, -0.2) is 5.43 Å². The average Bonchev–Trinajstić information content (AvgIpc) is 2.89. The topological polar surface area (TPSA) is 84.7 Å². The van der Waals surface area contributed by atoms with Crippen molar-refractivity contribution >= 4 is 29.6 Å². The molecule has 0 atom stereocenters. The second-order valence-corrected chi connectivity index (χ2v) is 6.39. The van der Waals surface area contributed by atoms with Crippen LogP contribution in [0.3, 0.4) is 0 Å². The molecule has 0 fully saturated rings. The van der Waals surface area contributed by atoms with Gasteiger partial charge < -0.3 is 14.6 Å². The number of hydrogen-bond donors (Lipinski definition) is 2. The van der Waals surface area contributed by atoms with Crippen LogP contribution in [0.1, 0.15) is 23.4 Å². The molecule has 0 bridgehead atoms. The number of nitrogens with one attached hydrogen (secondary N) is 2. The van der Waals surface area contributed by atoms with Crippen molar-refractivity contribution in [3.05, 3.63) is 52.3 Å². The van der Waals surface area contributed by atoms with Crippen molar-refractivity contribution in [1.82, 2.24) is 15.3 Å². The maximum absolute atomic E-state index is 11.8. The largest absolute Gasteiger partial charge is 0.383 e. The molecule has 0 aliphatic heterocycles. The second-order valence-electron chi connectivity index (χ2n) is 5.95. The average molecular weight is 391 g/mol. The van der Waals surface area contributed by atoms with Crippen molar-refractivity contribution < 1.29 is 14.3 Å². The molecule has 0 aliphatic rings. The number of nitrogens with zero attached hydrogens (tertiary/aromatic N) is 2. The maximum Gasteiger partial charge on any atom is 0.249 e. The van der Waals surface area contributed by atoms with Crippen LogP contribution in [0, 0.1) is 13.8 Å². The third kappa shape index (κ3) is 5.94. The number of rotatable bonds is 8. The number of benzene rings is 1. The third-order valence-corrected chi connectivity index (χ3v) is 4.11. The van der Waals surface area contributed by atoms with E-state index in [9.17, 15) is 9.59 Å². The first-order chi connectivity index (χ1) is 12.9. The number of halogens is 1. The van der Waals surface area contributed by atoms with Crippen LogP contribution in [-0.4, -0.2) is 42.9 Å². The summed E-state index contributed by atoms with van der Waals surface area (Å²) in [7, 11) is 1.54. The number of carbonyl (C=O) groups excluding carboxylic acids is 2. The Morgan fingerprint density at radius 3 is 2.74 bits per heavy atom. The molecule has 1 heterocycles. The summed E-state index contributed by atoms with van der Waals surface area (Å²) in [5, 5.41) is 7.18. The molecule has 0 saturated heterocycles. The Kier molecular flexibility index (Phi) is 7.57. The molecule has 0 aliphatic carbocycles. The summed E-state index contributed by atoms with van der Waals surface area (Å²) < 4.78 is 6.88. The molecule has 8 heteroatoms. The van der Waals surface area contributed by atoms with Gasteiger partial charge in [0.2, 0.25) is 11.8 Å². The summed E-state index contributed by atoms with van der Waals surface area (Å²) in [5.41, 5.74) is 6.15. The van der Waals surface area contributed by atoms with Gasteiger partial charge in [-0.3, -0.25) is 9.59 Å². The Morgan fingerprint density at radius 2 is 2.04 bits per heavy atom. The first-order valence-corrected chi connectivity index (χ1v) is 8.82. The Labute approximate surface area is 163 Å². The van der Waals surface area contributed by atoms with E-state index in [2.05, 4.69) is 20.4 Å². The van der Waals surface area contributed by atoms with E-state index in [1.165, 1.54) is 7.11 Å². The van der Waals surface area contributed by atoms with Gasteiger partial charge in [0.25, 0.3) is 0 Å². The molecule has 2 amide bonds. The van der Waals surface area contributed by atoms with E-state index in [4.69, 9.17) is 16.3 Å². The van der Waals surface area contributed by atoms with E-state index in [0.29, 0.717) is 18.2 Å². The van der Waals surface area contributed by atoms with Crippen molar-refractivity contribution in [3.63, 3.8) is 0 Å². The minimum atomic E-state index is -0.482. The highest BCUT2D eigenvalue weighted by Gasteiger charge is 2.11. The lowest BCUT2D eigenvalue weighted by atomic mass is 10.2. The Hall–Kier alpha value is -2.64. The quantitative estimate of drug-likeness (QED) is 0.314. The fourth-order valence-electron chi connectivity index (χ4n) is 2.65. The number of aromatic nitrogens is 1. The third-order valence-electron chi connectivity index (χ3n) is 3.88. The van der Waals surface area contributed by atoms with Crippen LogP contribution in [0.2, 0.25) is 5.02 Å². The van der Waals surface area contributed by atoms with Gasteiger partial charge in [-0.15, -0.1) is 0 Å². The molecule has 27 heavy (non-hydrogen) atoms. The van der Waals surface area contributed by atoms with Crippen molar-refractivity contribution in [3.8, 4) is 5.69 Å². The van der Waals surface area contributed by atoms with E-state index in [1.54, 1.807) is 6.21 Å². The minimum absolute atomic E-state index is 0.289. The highest BCUT2D eigenvalue weighted by molar-refractivity contribution is 6.30. The van der Waals surface area contributed by atoms with Gasteiger partial charge in [-0.2, -0.15) is 5.10 Å². The summed E-state index contributed by atoms with van der Waals surface area (Å²) in [6.45, 7) is 4.70. The van der Waals surface area contributed by atoms with Gasteiger partial charge >= 0.3 is 0 Å². The maximum atomic E-state index is 11.8. The van der Waals surface area contributed by atoms with Crippen LogP contribution in [0.25, 0.3) is 5.69 Å². The van der Waals surface area contributed by atoms with E-state index >= 15 is 0 Å². The summed E-state index contributed by atoms with van der Waals surface area (Å²) in [4.78, 5) is 23.3. The first kappa shape index (κ1) is 20.7. The number of hydrogen-bond acceptors (Lipinski definition) is 4. The van der Waals surface area contributed by atoms with E-state index < -0.39 is 5.91 Å². The van der Waals surface area contributed by atoms with Crippen LogP contribution in [0.4, 0.5) is 0 Å². The van der Waals surface area contributed by atoms with Crippen LogP contribution in [0.5, 0.6) is 0 Å². The Morgan fingerprint density at radius 1 is 1.26 bits per heavy atom. The van der Waals surface area contributed by atoms with Gasteiger partial charge in [-0.1, -0.05) is 17.7 Å². The molecule has 1 aromatic heterocycles. The van der Waals surface area contributed by atoms with Gasteiger partial charge in [0.05, 0.1) is 12.8 Å². The van der Waals surface area contributed by atoms with Gasteiger partial charge in [0, 0.05) is 41.3 Å². The minimum Gasteiger partial charge on any atom is -0.383 e. The zero-order valence-electron chi connectivity index (χ0n) is 15.6. The predicted molar refractivity (Wildman–Crippen MR) is 105 cm³/mol. The van der Waals surface area contributed by atoms with Crippen LogP contribution < -0.4 is 10.7 Å². The lowest BCUT2D eigenvalue weighted by Gasteiger charge is -2.09. The lowest BCUT2D eigenvalue weighted by Crippen LogP contribution is -2.31. The molecule has 0 radical (unpaired) electrons. The molecule has 2 aromatic rings. The number of aryl methyl sites for hydroxylation is 1. The molecule has 0 saturated carbocycles. The van der Waals surface area contributed by atoms with Crippen molar-refractivity contribution in [2.24, 2.45) is 5.10 Å². The Bertz CT molecular complexity index is 845. The lowest BCUT2D eigenvalue weighted by molar-refractivity contribution is -0.129. The van der Waals surface area contributed by atoms with Gasteiger partial charge in [0.1, 0.15) is 6.42 Å². The molecule has 0 spiro atoms. The second kappa shape index (κ2) is 9.89. The highest BCUT2D eigenvalue weighted by Crippen LogP contribution is 2.22. The van der Waals surface area contributed by atoms with Crippen molar-refractivity contribution in [2.75, 3.05) is 20.3 Å². The zero-order chi connectivity index (χ0) is 19.8. The fraction of sp³-hybridized carbons (Fsp3) is 0.316. The van der Waals surface area contributed by atoms with E-state index in [0.717, 1.165) is 22.6 Å². The number of methoxy groups -OCH3 is 1. The molecular weight excluding hydrogens is 368 g/mol. The summed E-state index contributed by atoms with van der Waals surface area (Å²) in [6.07, 6.45) is 1.27. The molecule has 144 valence electrons. The molecule has 7 nitrogen and oxygen atoms in total. The smallest absolute Gasteiger partial charge is 0.249 e. The fourth-order valence-corrected chi connectivity index (χ4v) is 2.83. The number of carbonyl (C=O) groups is 2. The standard InChI is InChI=1S/C19H23ClN4O3/c1-13-9-15(14(2)24(13)17-6-4-5-16(20)10-17)12-22-23-19(26)11-18(25)21-7-8-27-3/h4-6,9-10,12H,7-8,11H2,1-3H3,(H,21,25)(H,23,26)/b22-12+. The molecule has 2 N–H and O–H groups in total. The van der Waals surface area contributed by atoms with E-state index in [-0.39, 0.29) is 12.3 Å². The summed E-state index contributed by atoms with van der Waals surface area (Å²) in [5.74, 6) is -0.858. The first-order valence-electron chi connectivity index (χ1n) is 8.44. The monoisotopic (exact) mass is 390 g/mol. The van der Waals surface area contributed by atoms with Crippen molar-refractivity contribution in [1.29, 1.82) is 0 Å². The molecule has 2 rings (SSSR count). The highest BCUT2D eigenvalue weighted by atomic mass is 35.5.